The highest BCUT2D eigenvalue weighted by Gasteiger charge is 2.35. The van der Waals surface area contributed by atoms with Gasteiger partial charge >= 0.3 is 6.03 Å². The number of benzene rings is 2. The molecule has 1 aliphatic heterocycles. The summed E-state index contributed by atoms with van der Waals surface area (Å²) in [4.78, 5) is 37.3. The average Bonchev–Trinajstić information content (AvgIpc) is 2.88. The quantitative estimate of drug-likeness (QED) is 0.599. The van der Waals surface area contributed by atoms with E-state index in [0.29, 0.717) is 16.3 Å². The number of imide groups is 1. The Morgan fingerprint density at radius 3 is 2.56 bits per heavy atom. The van der Waals surface area contributed by atoms with Gasteiger partial charge in [-0.05, 0) is 42.0 Å². The Morgan fingerprint density at radius 2 is 1.85 bits per heavy atom. The SMILES string of the molecule is O=C(CN1C(=O)N/C(=C\c2cccc(Cl)c2Cl)C1=O)Nc1ccc(F)cc1. The lowest BCUT2D eigenvalue weighted by atomic mass is 10.2. The Labute approximate surface area is 163 Å². The molecule has 1 aliphatic rings. The third-order valence-corrected chi connectivity index (χ3v) is 4.51. The number of halogens is 3. The lowest BCUT2D eigenvalue weighted by Crippen LogP contribution is -2.38. The van der Waals surface area contributed by atoms with Gasteiger partial charge in [0.1, 0.15) is 18.1 Å². The van der Waals surface area contributed by atoms with Gasteiger partial charge in [0.25, 0.3) is 5.91 Å². The fourth-order valence-electron chi connectivity index (χ4n) is 2.38. The number of hydrogen-bond donors (Lipinski definition) is 2. The van der Waals surface area contributed by atoms with Crippen LogP contribution in [0.5, 0.6) is 0 Å². The lowest BCUT2D eigenvalue weighted by molar-refractivity contribution is -0.127. The van der Waals surface area contributed by atoms with Crippen LogP contribution in [0.25, 0.3) is 6.08 Å². The number of anilines is 1. The Bertz CT molecular complexity index is 961. The number of hydrogen-bond acceptors (Lipinski definition) is 3. The maximum atomic E-state index is 12.9. The first-order valence-electron chi connectivity index (χ1n) is 7.69. The van der Waals surface area contributed by atoms with Crippen LogP contribution in [0, 0.1) is 5.82 Å². The minimum absolute atomic E-state index is 0.0289. The molecule has 2 aromatic rings. The Balaban J connectivity index is 1.72. The van der Waals surface area contributed by atoms with Gasteiger partial charge in [0.15, 0.2) is 0 Å². The van der Waals surface area contributed by atoms with Crippen molar-refractivity contribution in [1.82, 2.24) is 10.2 Å². The smallest absolute Gasteiger partial charge is 0.325 e. The molecule has 0 aliphatic carbocycles. The van der Waals surface area contributed by atoms with E-state index in [0.717, 1.165) is 4.90 Å². The minimum Gasteiger partial charge on any atom is -0.325 e. The Hall–Kier alpha value is -2.90. The van der Waals surface area contributed by atoms with Crippen LogP contribution in [0.1, 0.15) is 5.56 Å². The molecule has 0 spiro atoms. The third kappa shape index (κ3) is 4.27. The van der Waals surface area contributed by atoms with Crippen molar-refractivity contribution < 1.29 is 18.8 Å². The van der Waals surface area contributed by atoms with Crippen molar-refractivity contribution in [3.05, 3.63) is 69.6 Å². The van der Waals surface area contributed by atoms with E-state index in [1.165, 1.54) is 30.3 Å². The highest BCUT2D eigenvalue weighted by atomic mass is 35.5. The molecule has 0 bridgehead atoms. The summed E-state index contributed by atoms with van der Waals surface area (Å²) in [5, 5.41) is 5.41. The summed E-state index contributed by atoms with van der Waals surface area (Å²) in [6.07, 6.45) is 1.38. The molecule has 6 nitrogen and oxygen atoms in total. The van der Waals surface area contributed by atoms with E-state index in [2.05, 4.69) is 10.6 Å². The zero-order valence-corrected chi connectivity index (χ0v) is 15.1. The summed E-state index contributed by atoms with van der Waals surface area (Å²) in [6.45, 7) is -0.497. The summed E-state index contributed by atoms with van der Waals surface area (Å²) in [7, 11) is 0. The van der Waals surface area contributed by atoms with Gasteiger partial charge in [0.2, 0.25) is 5.91 Å². The van der Waals surface area contributed by atoms with Crippen LogP contribution in [-0.2, 0) is 9.59 Å². The normalized spacial score (nSPS) is 15.2. The number of nitrogens with zero attached hydrogens (tertiary/aromatic N) is 1. The number of carbonyl (C=O) groups is 3. The number of rotatable bonds is 4. The standard InChI is InChI=1S/C18H12Cl2FN3O3/c19-13-3-1-2-10(16(13)20)8-14-17(26)24(18(27)23-14)9-15(25)22-12-6-4-11(21)5-7-12/h1-8H,9H2,(H,22,25)(H,23,27)/b14-8-. The molecule has 9 heteroatoms. The largest absolute Gasteiger partial charge is 0.329 e. The predicted molar refractivity (Wildman–Crippen MR) is 99.7 cm³/mol. The van der Waals surface area contributed by atoms with Gasteiger partial charge in [-0.2, -0.15) is 0 Å². The molecule has 138 valence electrons. The van der Waals surface area contributed by atoms with E-state index in [9.17, 15) is 18.8 Å². The molecular formula is C18H12Cl2FN3O3. The summed E-state index contributed by atoms with van der Waals surface area (Å²) in [5.74, 6) is -1.73. The first kappa shape index (κ1) is 18.9. The van der Waals surface area contributed by atoms with Crippen molar-refractivity contribution >= 4 is 52.8 Å². The van der Waals surface area contributed by atoms with Crippen LogP contribution in [0.4, 0.5) is 14.9 Å². The summed E-state index contributed by atoms with van der Waals surface area (Å²) >= 11 is 12.0. The molecule has 3 rings (SSSR count). The van der Waals surface area contributed by atoms with Crippen LogP contribution in [0.2, 0.25) is 10.0 Å². The Morgan fingerprint density at radius 1 is 1.15 bits per heavy atom. The van der Waals surface area contributed by atoms with Gasteiger partial charge in [-0.25, -0.2) is 14.1 Å². The van der Waals surface area contributed by atoms with E-state index in [4.69, 9.17) is 23.2 Å². The molecule has 4 amide bonds. The van der Waals surface area contributed by atoms with Crippen LogP contribution < -0.4 is 10.6 Å². The summed E-state index contributed by atoms with van der Waals surface area (Å²) in [6, 6.07) is 9.22. The monoisotopic (exact) mass is 407 g/mol. The highest BCUT2D eigenvalue weighted by Crippen LogP contribution is 2.27. The zero-order chi connectivity index (χ0) is 19.6. The lowest BCUT2D eigenvalue weighted by Gasteiger charge is -2.11. The fourth-order valence-corrected chi connectivity index (χ4v) is 2.74. The number of carbonyl (C=O) groups excluding carboxylic acids is 3. The molecule has 1 saturated heterocycles. The molecule has 0 unspecified atom stereocenters. The van der Waals surface area contributed by atoms with Gasteiger partial charge in [-0.15, -0.1) is 0 Å². The number of urea groups is 1. The van der Waals surface area contributed by atoms with Crippen molar-refractivity contribution in [2.75, 3.05) is 11.9 Å². The number of nitrogens with one attached hydrogen (secondary N) is 2. The molecule has 1 fully saturated rings. The van der Waals surface area contributed by atoms with E-state index in [-0.39, 0.29) is 10.7 Å². The van der Waals surface area contributed by atoms with Gasteiger partial charge in [0.05, 0.1) is 10.0 Å². The molecule has 1 heterocycles. The second-order valence-corrected chi connectivity index (χ2v) is 6.36. The maximum Gasteiger partial charge on any atom is 0.329 e. The second kappa shape index (κ2) is 7.77. The zero-order valence-electron chi connectivity index (χ0n) is 13.6. The average molecular weight is 408 g/mol. The van der Waals surface area contributed by atoms with Crippen molar-refractivity contribution in [3.8, 4) is 0 Å². The van der Waals surface area contributed by atoms with Crippen molar-refractivity contribution in [2.24, 2.45) is 0 Å². The maximum absolute atomic E-state index is 12.9. The van der Waals surface area contributed by atoms with Crippen molar-refractivity contribution in [1.29, 1.82) is 0 Å². The summed E-state index contributed by atoms with van der Waals surface area (Å²) in [5.41, 5.74) is 0.763. The van der Waals surface area contributed by atoms with Crippen molar-refractivity contribution in [3.63, 3.8) is 0 Å². The first-order chi connectivity index (χ1) is 12.8. The van der Waals surface area contributed by atoms with E-state index < -0.39 is 30.2 Å². The molecule has 2 aromatic carbocycles. The van der Waals surface area contributed by atoms with Crippen LogP contribution in [0.15, 0.2) is 48.2 Å². The van der Waals surface area contributed by atoms with Crippen LogP contribution >= 0.6 is 23.2 Å². The van der Waals surface area contributed by atoms with Crippen molar-refractivity contribution in [2.45, 2.75) is 0 Å². The van der Waals surface area contributed by atoms with Gasteiger partial charge < -0.3 is 10.6 Å². The van der Waals surface area contributed by atoms with E-state index >= 15 is 0 Å². The first-order valence-corrected chi connectivity index (χ1v) is 8.44. The molecule has 0 saturated carbocycles. The molecule has 0 aromatic heterocycles. The molecule has 27 heavy (non-hydrogen) atoms. The predicted octanol–water partition coefficient (Wildman–Crippen LogP) is 3.66. The van der Waals surface area contributed by atoms with E-state index in [1.54, 1.807) is 18.2 Å². The van der Waals surface area contributed by atoms with E-state index in [1.807, 2.05) is 0 Å². The number of amides is 4. The second-order valence-electron chi connectivity index (χ2n) is 5.58. The topological polar surface area (TPSA) is 78.5 Å². The summed E-state index contributed by atoms with van der Waals surface area (Å²) < 4.78 is 12.9. The van der Waals surface area contributed by atoms with Gasteiger partial charge in [0, 0.05) is 5.69 Å². The molecule has 0 radical (unpaired) electrons. The van der Waals surface area contributed by atoms with Crippen LogP contribution in [0.3, 0.4) is 0 Å². The molecular weight excluding hydrogens is 396 g/mol. The Kier molecular flexibility index (Phi) is 5.43. The van der Waals surface area contributed by atoms with Gasteiger partial charge in [-0.1, -0.05) is 35.3 Å². The molecule has 2 N–H and O–H groups in total. The van der Waals surface area contributed by atoms with Crippen LogP contribution in [-0.4, -0.2) is 29.3 Å². The third-order valence-electron chi connectivity index (χ3n) is 3.67. The minimum atomic E-state index is -0.737. The highest BCUT2D eigenvalue weighted by molar-refractivity contribution is 6.43. The fraction of sp³-hybridized carbons (Fsp3) is 0.0556. The van der Waals surface area contributed by atoms with Gasteiger partial charge in [-0.3, -0.25) is 9.59 Å². The molecule has 0 atom stereocenters.